The summed E-state index contributed by atoms with van der Waals surface area (Å²) in [5.74, 6) is 0.0195. The molecule has 5 heteroatoms. The molecule has 2 nitrogen and oxygen atoms in total. The predicted octanol–water partition coefficient (Wildman–Crippen LogP) is 3.93. The van der Waals surface area contributed by atoms with Gasteiger partial charge in [0.1, 0.15) is 0 Å². The summed E-state index contributed by atoms with van der Waals surface area (Å²) in [7, 11) is 0. The van der Waals surface area contributed by atoms with Gasteiger partial charge in [-0.1, -0.05) is 0 Å². The first-order valence-electron chi connectivity index (χ1n) is 4.41. The molecule has 0 aliphatic heterocycles. The second-order valence-corrected chi connectivity index (χ2v) is 6.87. The van der Waals surface area contributed by atoms with E-state index in [1.807, 2.05) is 11.4 Å². The smallest absolute Gasteiger partial charge is 0.195 e. The molecular formula is C11H7BrINOS. The van der Waals surface area contributed by atoms with Gasteiger partial charge in [0.25, 0.3) is 0 Å². The van der Waals surface area contributed by atoms with Crippen LogP contribution in [0, 0.1) is 2.88 Å². The minimum absolute atomic E-state index is 0.0195. The fourth-order valence-corrected chi connectivity index (χ4v) is 3.20. The molecule has 0 unspecified atom stereocenters. The topological polar surface area (TPSA) is 43.1 Å². The second kappa shape index (κ2) is 4.85. The van der Waals surface area contributed by atoms with Gasteiger partial charge < -0.3 is 5.73 Å². The number of nitrogens with two attached hydrogens (primary N) is 1. The average molecular weight is 408 g/mol. The summed E-state index contributed by atoms with van der Waals surface area (Å²) < 4.78 is 1.84. The van der Waals surface area contributed by atoms with Crippen LogP contribution in [0.2, 0.25) is 0 Å². The molecule has 2 aromatic rings. The first-order valence-corrected chi connectivity index (χ1v) is 7.17. The normalized spacial score (nSPS) is 10.4. The van der Waals surface area contributed by atoms with Crippen molar-refractivity contribution in [3.05, 3.63) is 48.1 Å². The second-order valence-electron chi connectivity index (χ2n) is 3.21. The molecule has 1 aromatic carbocycles. The van der Waals surface area contributed by atoms with Crippen LogP contribution < -0.4 is 5.73 Å². The van der Waals surface area contributed by atoms with Crippen molar-refractivity contribution >= 4 is 61.3 Å². The Kier molecular flexibility index (Phi) is 3.66. The van der Waals surface area contributed by atoms with Gasteiger partial charge in [-0.2, -0.15) is 0 Å². The van der Waals surface area contributed by atoms with Gasteiger partial charge in [-0.15, -0.1) is 11.3 Å². The Morgan fingerprint density at radius 1 is 1.38 bits per heavy atom. The number of carbonyl (C=O) groups is 1. The monoisotopic (exact) mass is 407 g/mol. The van der Waals surface area contributed by atoms with Crippen molar-refractivity contribution in [3.63, 3.8) is 0 Å². The summed E-state index contributed by atoms with van der Waals surface area (Å²) in [5.41, 5.74) is 7.64. The number of hydrogen-bond acceptors (Lipinski definition) is 3. The number of ketones is 1. The summed E-state index contributed by atoms with van der Waals surface area (Å²) in [6.07, 6.45) is 0. The molecule has 0 atom stereocenters. The highest BCUT2D eigenvalue weighted by Crippen LogP contribution is 2.25. The van der Waals surface area contributed by atoms with E-state index < -0.39 is 0 Å². The number of thiophene rings is 1. The number of hydrogen-bond donors (Lipinski definition) is 1. The molecule has 1 heterocycles. The van der Waals surface area contributed by atoms with Crippen molar-refractivity contribution in [1.82, 2.24) is 0 Å². The van der Waals surface area contributed by atoms with Crippen LogP contribution >= 0.6 is 49.9 Å². The Balaban J connectivity index is 2.41. The van der Waals surface area contributed by atoms with E-state index in [2.05, 4.69) is 38.5 Å². The van der Waals surface area contributed by atoms with Crippen molar-refractivity contribution in [1.29, 1.82) is 0 Å². The molecule has 0 fully saturated rings. The molecule has 16 heavy (non-hydrogen) atoms. The van der Waals surface area contributed by atoms with Gasteiger partial charge in [0.2, 0.25) is 0 Å². The Morgan fingerprint density at radius 3 is 2.69 bits per heavy atom. The molecule has 0 spiro atoms. The lowest BCUT2D eigenvalue weighted by Crippen LogP contribution is -2.01. The van der Waals surface area contributed by atoms with Crippen molar-refractivity contribution < 1.29 is 4.79 Å². The Morgan fingerprint density at radius 2 is 2.12 bits per heavy atom. The molecule has 0 aliphatic carbocycles. The molecule has 0 saturated carbocycles. The molecular weight excluding hydrogens is 401 g/mol. The third-order valence-corrected chi connectivity index (χ3v) is 4.51. The number of benzene rings is 1. The minimum atomic E-state index is 0.0195. The van der Waals surface area contributed by atoms with Crippen LogP contribution in [0.3, 0.4) is 0 Å². The highest BCUT2D eigenvalue weighted by atomic mass is 127. The standard InChI is InChI=1S/C11H7BrINOS/c12-9-4-7(14)1-2-8(9)11(15)6-3-10(13)16-5-6/h1-5H,14H2. The number of rotatable bonds is 2. The highest BCUT2D eigenvalue weighted by Gasteiger charge is 2.13. The van der Waals surface area contributed by atoms with Crippen LogP contribution in [0.15, 0.2) is 34.1 Å². The molecule has 1 aromatic heterocycles. The molecule has 0 radical (unpaired) electrons. The van der Waals surface area contributed by atoms with Crippen LogP contribution in [0.1, 0.15) is 15.9 Å². The van der Waals surface area contributed by atoms with Gasteiger partial charge in [0.05, 0.1) is 2.88 Å². The van der Waals surface area contributed by atoms with E-state index in [1.165, 1.54) is 0 Å². The maximum Gasteiger partial charge on any atom is 0.195 e. The van der Waals surface area contributed by atoms with Gasteiger partial charge in [-0.25, -0.2) is 0 Å². The SMILES string of the molecule is Nc1ccc(C(=O)c2csc(I)c2)c(Br)c1. The molecule has 2 N–H and O–H groups in total. The number of nitrogen functional groups attached to an aromatic ring is 1. The fraction of sp³-hybridized carbons (Fsp3) is 0. The van der Waals surface area contributed by atoms with E-state index in [-0.39, 0.29) is 5.78 Å². The van der Waals surface area contributed by atoms with E-state index in [1.54, 1.807) is 29.5 Å². The van der Waals surface area contributed by atoms with Crippen molar-refractivity contribution in [3.8, 4) is 0 Å². The lowest BCUT2D eigenvalue weighted by Gasteiger charge is -2.02. The lowest BCUT2D eigenvalue weighted by atomic mass is 10.1. The minimum Gasteiger partial charge on any atom is -0.399 e. The van der Waals surface area contributed by atoms with E-state index in [9.17, 15) is 4.79 Å². The summed E-state index contributed by atoms with van der Waals surface area (Å²) >= 11 is 7.12. The van der Waals surface area contributed by atoms with Crippen LogP contribution in [0.5, 0.6) is 0 Å². The summed E-state index contributed by atoms with van der Waals surface area (Å²) in [5, 5.41) is 1.87. The number of anilines is 1. The van der Waals surface area contributed by atoms with Crippen LogP contribution in [-0.4, -0.2) is 5.78 Å². The largest absolute Gasteiger partial charge is 0.399 e. The zero-order valence-electron chi connectivity index (χ0n) is 8.04. The van der Waals surface area contributed by atoms with E-state index in [4.69, 9.17) is 5.73 Å². The summed E-state index contributed by atoms with van der Waals surface area (Å²) in [6, 6.07) is 7.10. The van der Waals surface area contributed by atoms with E-state index in [0.717, 1.165) is 12.9 Å². The molecule has 82 valence electrons. The fourth-order valence-electron chi connectivity index (χ4n) is 1.30. The van der Waals surface area contributed by atoms with Gasteiger partial charge in [-0.05, 0) is 62.8 Å². The third-order valence-electron chi connectivity index (χ3n) is 2.07. The Labute approximate surface area is 119 Å². The maximum absolute atomic E-state index is 12.1. The maximum atomic E-state index is 12.1. The molecule has 0 bridgehead atoms. The van der Waals surface area contributed by atoms with Crippen molar-refractivity contribution in [2.24, 2.45) is 0 Å². The van der Waals surface area contributed by atoms with Crippen molar-refractivity contribution in [2.45, 2.75) is 0 Å². The third kappa shape index (κ3) is 2.46. The predicted molar refractivity (Wildman–Crippen MR) is 79.0 cm³/mol. The van der Waals surface area contributed by atoms with Gasteiger partial charge in [0.15, 0.2) is 5.78 Å². The Hall–Kier alpha value is -0.400. The first kappa shape index (κ1) is 12.1. The molecule has 0 saturated heterocycles. The molecule has 0 aliphatic rings. The number of halogens is 2. The van der Waals surface area contributed by atoms with Gasteiger partial charge >= 0.3 is 0 Å². The van der Waals surface area contributed by atoms with Crippen molar-refractivity contribution in [2.75, 3.05) is 5.73 Å². The lowest BCUT2D eigenvalue weighted by molar-refractivity contribution is 0.103. The highest BCUT2D eigenvalue weighted by molar-refractivity contribution is 14.1. The number of carbonyl (C=O) groups excluding carboxylic acids is 1. The Bertz CT molecular complexity index is 553. The van der Waals surface area contributed by atoms with Crippen LogP contribution in [0.25, 0.3) is 0 Å². The van der Waals surface area contributed by atoms with Crippen LogP contribution in [-0.2, 0) is 0 Å². The van der Waals surface area contributed by atoms with Gasteiger partial charge in [-0.3, -0.25) is 4.79 Å². The molecule has 2 rings (SSSR count). The van der Waals surface area contributed by atoms with Crippen LogP contribution in [0.4, 0.5) is 5.69 Å². The quantitative estimate of drug-likeness (QED) is 0.465. The summed E-state index contributed by atoms with van der Waals surface area (Å²) in [6.45, 7) is 0. The zero-order chi connectivity index (χ0) is 11.7. The average Bonchev–Trinajstić information content (AvgIpc) is 2.64. The zero-order valence-corrected chi connectivity index (χ0v) is 12.6. The summed E-state index contributed by atoms with van der Waals surface area (Å²) in [4.78, 5) is 12.1. The van der Waals surface area contributed by atoms with E-state index in [0.29, 0.717) is 11.3 Å². The van der Waals surface area contributed by atoms with Gasteiger partial charge in [0, 0.05) is 26.7 Å². The van der Waals surface area contributed by atoms with E-state index >= 15 is 0 Å². The first-order chi connectivity index (χ1) is 7.58. The molecule has 0 amide bonds.